The fraction of sp³-hybridized carbons (Fsp3) is 0.125. The minimum Gasteiger partial charge on any atom is -0.484 e. The van der Waals surface area contributed by atoms with Gasteiger partial charge in [-0.25, -0.2) is 0 Å². The van der Waals surface area contributed by atoms with Gasteiger partial charge in [-0.05, 0) is 64.8 Å². The number of carbonyl (C=O) groups is 1. The third-order valence-electron chi connectivity index (χ3n) is 4.64. The van der Waals surface area contributed by atoms with Crippen LogP contribution in [0.15, 0.2) is 80.7 Å². The second-order valence-corrected chi connectivity index (χ2v) is 7.78. The number of aromatic nitrogens is 1. The molecule has 8 heteroatoms. The van der Waals surface area contributed by atoms with Crippen molar-refractivity contribution in [1.29, 1.82) is 0 Å². The van der Waals surface area contributed by atoms with Gasteiger partial charge in [-0.2, -0.15) is 0 Å². The van der Waals surface area contributed by atoms with Crippen LogP contribution < -0.4 is 20.2 Å². The molecule has 0 saturated carbocycles. The Hall–Kier alpha value is -3.65. The Balaban J connectivity index is 1.46. The first-order chi connectivity index (χ1) is 15.5. The van der Waals surface area contributed by atoms with Crippen LogP contribution in [0.3, 0.4) is 0 Å². The zero-order valence-corrected chi connectivity index (χ0v) is 18.7. The lowest BCUT2D eigenvalue weighted by molar-refractivity contribution is -0.123. The van der Waals surface area contributed by atoms with E-state index < -0.39 is 0 Å². The summed E-state index contributed by atoms with van der Waals surface area (Å²) >= 11 is 3.41. The molecule has 7 nitrogen and oxygen atoms in total. The quantitative estimate of drug-likeness (QED) is 0.398. The number of hydrogen-bond acceptors (Lipinski definition) is 6. The van der Waals surface area contributed by atoms with Crippen molar-refractivity contribution in [2.45, 2.75) is 13.5 Å². The van der Waals surface area contributed by atoms with Gasteiger partial charge in [-0.3, -0.25) is 14.6 Å². The minimum atomic E-state index is -0.291. The Bertz CT molecular complexity index is 1320. The summed E-state index contributed by atoms with van der Waals surface area (Å²) in [7, 11) is 0. The summed E-state index contributed by atoms with van der Waals surface area (Å²) < 4.78 is 17.9. The zero-order chi connectivity index (χ0) is 22.5. The average Bonchev–Trinajstić information content (AvgIpc) is 2.80. The number of hydrogen-bond donors (Lipinski definition) is 1. The van der Waals surface area contributed by atoms with Crippen LogP contribution >= 0.6 is 15.9 Å². The van der Waals surface area contributed by atoms with E-state index in [4.69, 9.17) is 13.9 Å². The van der Waals surface area contributed by atoms with Crippen LogP contribution in [0.5, 0.6) is 17.2 Å². The molecule has 0 aliphatic carbocycles. The maximum atomic E-state index is 13.0. The lowest BCUT2D eigenvalue weighted by atomic mass is 10.2. The van der Waals surface area contributed by atoms with Gasteiger partial charge in [-0.1, -0.05) is 12.1 Å². The molecule has 0 unspecified atom stereocenters. The number of nitrogens with zero attached hydrogens (tertiary/aromatic N) is 1. The third-order valence-corrected chi connectivity index (χ3v) is 5.30. The number of ether oxygens (including phenoxy) is 2. The predicted octanol–water partition coefficient (Wildman–Crippen LogP) is 4.75. The van der Waals surface area contributed by atoms with E-state index in [1.807, 2.05) is 30.3 Å². The maximum absolute atomic E-state index is 13.0. The van der Waals surface area contributed by atoms with Gasteiger partial charge in [0.15, 0.2) is 6.61 Å². The van der Waals surface area contributed by atoms with Crippen molar-refractivity contribution in [3.05, 3.63) is 93.0 Å². The molecule has 1 N–H and O–H groups in total. The van der Waals surface area contributed by atoms with Gasteiger partial charge < -0.3 is 19.2 Å². The van der Waals surface area contributed by atoms with E-state index in [2.05, 4.69) is 26.2 Å². The topological polar surface area (TPSA) is 90.7 Å². The van der Waals surface area contributed by atoms with Crippen molar-refractivity contribution in [3.8, 4) is 17.2 Å². The number of benzene rings is 2. The highest BCUT2D eigenvalue weighted by Gasteiger charge is 2.16. The molecule has 2 aromatic carbocycles. The summed E-state index contributed by atoms with van der Waals surface area (Å²) in [4.78, 5) is 29.0. The highest BCUT2D eigenvalue weighted by atomic mass is 79.9. The van der Waals surface area contributed by atoms with Crippen LogP contribution in [0.4, 0.5) is 0 Å². The molecule has 162 valence electrons. The van der Waals surface area contributed by atoms with Crippen molar-refractivity contribution in [1.82, 2.24) is 10.3 Å². The van der Waals surface area contributed by atoms with Crippen molar-refractivity contribution < 1.29 is 18.7 Å². The van der Waals surface area contributed by atoms with E-state index in [1.165, 1.54) is 0 Å². The van der Waals surface area contributed by atoms with Crippen molar-refractivity contribution in [3.63, 3.8) is 0 Å². The van der Waals surface area contributed by atoms with Crippen molar-refractivity contribution in [2.75, 3.05) is 6.61 Å². The van der Waals surface area contributed by atoms with Crippen molar-refractivity contribution in [2.24, 2.45) is 0 Å². The molecule has 4 aromatic rings. The number of rotatable bonds is 7. The number of aryl methyl sites for hydroxylation is 1. The average molecular weight is 495 g/mol. The van der Waals surface area contributed by atoms with Crippen LogP contribution in [0, 0.1) is 6.92 Å². The van der Waals surface area contributed by atoms with Gasteiger partial charge in [-0.15, -0.1) is 0 Å². The van der Waals surface area contributed by atoms with Crippen molar-refractivity contribution >= 4 is 32.8 Å². The van der Waals surface area contributed by atoms with E-state index in [9.17, 15) is 9.59 Å². The Morgan fingerprint density at radius 1 is 1.12 bits per heavy atom. The fourth-order valence-electron chi connectivity index (χ4n) is 3.01. The van der Waals surface area contributed by atoms with Gasteiger partial charge >= 0.3 is 0 Å². The largest absolute Gasteiger partial charge is 0.484 e. The molecular weight excluding hydrogens is 476 g/mol. The summed E-state index contributed by atoms with van der Waals surface area (Å²) in [5, 5.41) is 3.13. The monoisotopic (exact) mass is 494 g/mol. The lowest BCUT2D eigenvalue weighted by Crippen LogP contribution is -2.28. The Labute approximate surface area is 192 Å². The Morgan fingerprint density at radius 3 is 2.69 bits per heavy atom. The number of fused-ring (bicyclic) bond motifs is 1. The molecule has 0 saturated heterocycles. The van der Waals surface area contributed by atoms with Gasteiger partial charge in [0.05, 0.1) is 9.86 Å². The Kier molecular flexibility index (Phi) is 6.51. The number of amides is 1. The van der Waals surface area contributed by atoms with E-state index in [0.717, 1.165) is 10.0 Å². The SMILES string of the molecule is Cc1oc2cc(OCC(=O)NCc3ccncc3)ccc2c(=O)c1Oc1ccccc1Br. The normalized spacial score (nSPS) is 10.7. The number of halogens is 1. The first-order valence-corrected chi connectivity index (χ1v) is 10.6. The summed E-state index contributed by atoms with van der Waals surface area (Å²) in [5.74, 6) is 1.12. The van der Waals surface area contributed by atoms with E-state index in [0.29, 0.717) is 34.8 Å². The van der Waals surface area contributed by atoms with E-state index in [1.54, 1.807) is 43.6 Å². The number of para-hydroxylation sites is 1. The summed E-state index contributed by atoms with van der Waals surface area (Å²) in [6.07, 6.45) is 3.33. The molecule has 0 aliphatic rings. The van der Waals surface area contributed by atoms with Crippen LogP contribution in [0.25, 0.3) is 11.0 Å². The molecule has 4 rings (SSSR count). The fourth-order valence-corrected chi connectivity index (χ4v) is 3.38. The van der Waals surface area contributed by atoms with Crippen LogP contribution in [0.1, 0.15) is 11.3 Å². The summed E-state index contributed by atoms with van der Waals surface area (Å²) in [6.45, 7) is 1.88. The minimum absolute atomic E-state index is 0.119. The second kappa shape index (κ2) is 9.65. The van der Waals surface area contributed by atoms with Gasteiger partial charge in [0, 0.05) is 25.0 Å². The van der Waals surface area contributed by atoms with Gasteiger partial charge in [0.1, 0.15) is 22.8 Å². The molecular formula is C24H19BrN2O5. The zero-order valence-electron chi connectivity index (χ0n) is 17.1. The summed E-state index contributed by atoms with van der Waals surface area (Å²) in [6, 6.07) is 15.7. The molecule has 0 radical (unpaired) electrons. The number of pyridine rings is 1. The third kappa shape index (κ3) is 4.97. The molecule has 0 atom stereocenters. The van der Waals surface area contributed by atoms with Gasteiger partial charge in [0.2, 0.25) is 11.2 Å². The molecule has 0 bridgehead atoms. The highest BCUT2D eigenvalue weighted by molar-refractivity contribution is 9.10. The lowest BCUT2D eigenvalue weighted by Gasteiger charge is -2.11. The number of nitrogens with one attached hydrogen (secondary N) is 1. The van der Waals surface area contributed by atoms with Gasteiger partial charge in [0.25, 0.3) is 5.91 Å². The standard InChI is InChI=1S/C24H19BrN2O5/c1-15-24(32-20-5-3-2-4-19(20)25)23(29)18-7-6-17(12-21(18)31-15)30-14-22(28)27-13-16-8-10-26-11-9-16/h2-12H,13-14H2,1H3,(H,27,28). The highest BCUT2D eigenvalue weighted by Crippen LogP contribution is 2.31. The molecule has 1 amide bonds. The smallest absolute Gasteiger partial charge is 0.258 e. The molecule has 0 fully saturated rings. The predicted molar refractivity (Wildman–Crippen MR) is 123 cm³/mol. The Morgan fingerprint density at radius 2 is 1.91 bits per heavy atom. The molecule has 2 aromatic heterocycles. The van der Waals surface area contributed by atoms with Crippen LogP contribution in [0.2, 0.25) is 0 Å². The van der Waals surface area contributed by atoms with E-state index >= 15 is 0 Å². The molecule has 0 aliphatic heterocycles. The molecule has 2 heterocycles. The van der Waals surface area contributed by atoms with E-state index in [-0.39, 0.29) is 23.7 Å². The maximum Gasteiger partial charge on any atom is 0.258 e. The second-order valence-electron chi connectivity index (χ2n) is 6.93. The van der Waals surface area contributed by atoms with Crippen LogP contribution in [-0.2, 0) is 11.3 Å². The first-order valence-electron chi connectivity index (χ1n) is 9.79. The molecule has 0 spiro atoms. The first kappa shape index (κ1) is 21.6. The van der Waals surface area contributed by atoms with Crippen LogP contribution in [-0.4, -0.2) is 17.5 Å². The number of carbonyl (C=O) groups excluding carboxylic acids is 1. The molecule has 32 heavy (non-hydrogen) atoms. The summed E-state index contributed by atoms with van der Waals surface area (Å²) in [5.41, 5.74) is 1.000.